The van der Waals surface area contributed by atoms with Crippen LogP contribution in [0, 0.1) is 0 Å². The number of aromatic hydroxyl groups is 1. The molecule has 1 aliphatic rings. The molecule has 1 N–H and O–H groups in total. The van der Waals surface area contributed by atoms with Crippen LogP contribution in [0.15, 0.2) is 48.5 Å². The second-order valence-electron chi connectivity index (χ2n) is 7.77. The van der Waals surface area contributed by atoms with E-state index < -0.39 is 0 Å². The van der Waals surface area contributed by atoms with Crippen LogP contribution in [0.2, 0.25) is 0 Å². The largest absolute Gasteiger partial charge is 0.508 e. The van der Waals surface area contributed by atoms with E-state index in [4.69, 9.17) is 14.6 Å². The Morgan fingerprint density at radius 3 is 2.62 bits per heavy atom. The molecular formula is C24H22N4O4. The van der Waals surface area contributed by atoms with Gasteiger partial charge in [0, 0.05) is 25.0 Å². The third kappa shape index (κ3) is 3.20. The number of ketones is 1. The van der Waals surface area contributed by atoms with E-state index in [1.54, 1.807) is 30.9 Å². The molecule has 8 heteroatoms. The minimum Gasteiger partial charge on any atom is -0.508 e. The quantitative estimate of drug-likeness (QED) is 0.517. The Hall–Kier alpha value is -3.78. The summed E-state index contributed by atoms with van der Waals surface area (Å²) in [6, 6.07) is 14.7. The van der Waals surface area contributed by atoms with E-state index in [0.29, 0.717) is 34.9 Å². The van der Waals surface area contributed by atoms with Gasteiger partial charge in [-0.15, -0.1) is 10.2 Å². The molecule has 2 aromatic heterocycles. The first kappa shape index (κ1) is 20.1. The smallest absolute Gasteiger partial charge is 0.186 e. The Bertz CT molecular complexity index is 1330. The van der Waals surface area contributed by atoms with Crippen LogP contribution < -0.4 is 4.74 Å². The van der Waals surface area contributed by atoms with Crippen LogP contribution in [0.25, 0.3) is 16.8 Å². The van der Waals surface area contributed by atoms with E-state index in [-0.39, 0.29) is 30.5 Å². The van der Waals surface area contributed by atoms with Crippen molar-refractivity contribution in [2.45, 2.75) is 25.4 Å². The van der Waals surface area contributed by atoms with E-state index >= 15 is 0 Å². The Labute approximate surface area is 184 Å². The van der Waals surface area contributed by atoms with Gasteiger partial charge >= 0.3 is 0 Å². The fraction of sp³-hybridized carbons (Fsp3) is 0.250. The fourth-order valence-corrected chi connectivity index (χ4v) is 4.43. The number of carbonyl (C=O) groups excluding carboxylic acids is 1. The van der Waals surface area contributed by atoms with Gasteiger partial charge in [-0.1, -0.05) is 36.4 Å². The monoisotopic (exact) mass is 430 g/mol. The fourth-order valence-electron chi connectivity index (χ4n) is 4.43. The van der Waals surface area contributed by atoms with Gasteiger partial charge in [-0.05, 0) is 24.1 Å². The van der Waals surface area contributed by atoms with Gasteiger partial charge in [0.25, 0.3) is 0 Å². The maximum absolute atomic E-state index is 12.9. The first-order valence-corrected chi connectivity index (χ1v) is 10.3. The lowest BCUT2D eigenvalue weighted by Gasteiger charge is -2.23. The van der Waals surface area contributed by atoms with Crippen molar-refractivity contribution >= 4 is 11.4 Å². The summed E-state index contributed by atoms with van der Waals surface area (Å²) in [4.78, 5) is 12.9. The number of hydrogen-bond donors (Lipinski definition) is 1. The van der Waals surface area contributed by atoms with Gasteiger partial charge in [-0.25, -0.2) is 4.52 Å². The van der Waals surface area contributed by atoms with Crippen LogP contribution >= 0.6 is 0 Å². The van der Waals surface area contributed by atoms with Crippen molar-refractivity contribution in [3.8, 4) is 22.6 Å². The van der Waals surface area contributed by atoms with Crippen LogP contribution in [0.1, 0.15) is 39.8 Å². The van der Waals surface area contributed by atoms with Crippen molar-refractivity contribution in [2.24, 2.45) is 0 Å². The number of phenolic OH excluding ortho intramolecular Hbond substituents is 1. The molecule has 0 fully saturated rings. The highest BCUT2D eigenvalue weighted by Crippen LogP contribution is 2.39. The summed E-state index contributed by atoms with van der Waals surface area (Å²) in [5, 5.41) is 23.8. The molecule has 0 unspecified atom stereocenters. The highest BCUT2D eigenvalue weighted by molar-refractivity contribution is 5.97. The van der Waals surface area contributed by atoms with Crippen molar-refractivity contribution in [2.75, 3.05) is 14.2 Å². The van der Waals surface area contributed by atoms with Gasteiger partial charge in [0.2, 0.25) is 0 Å². The minimum atomic E-state index is -0.173. The van der Waals surface area contributed by atoms with Crippen molar-refractivity contribution < 1.29 is 19.4 Å². The molecule has 0 saturated carbocycles. The third-order valence-electron chi connectivity index (χ3n) is 5.88. The van der Waals surface area contributed by atoms with Crippen LogP contribution in [-0.4, -0.2) is 44.9 Å². The van der Waals surface area contributed by atoms with Crippen molar-refractivity contribution in [1.82, 2.24) is 19.8 Å². The van der Waals surface area contributed by atoms with E-state index in [9.17, 15) is 9.90 Å². The predicted molar refractivity (Wildman–Crippen MR) is 117 cm³/mol. The number of para-hydroxylation sites is 2. The normalized spacial score (nSPS) is 15.7. The number of ether oxygens (including phenoxy) is 2. The molecule has 0 saturated heterocycles. The van der Waals surface area contributed by atoms with Crippen molar-refractivity contribution in [3.05, 3.63) is 71.2 Å². The van der Waals surface area contributed by atoms with E-state index in [2.05, 4.69) is 10.2 Å². The first-order valence-electron chi connectivity index (χ1n) is 10.3. The van der Waals surface area contributed by atoms with E-state index in [1.807, 2.05) is 36.4 Å². The Balaban J connectivity index is 1.72. The van der Waals surface area contributed by atoms with Crippen LogP contribution in [0.5, 0.6) is 11.5 Å². The molecule has 2 heterocycles. The molecule has 0 spiro atoms. The average Bonchev–Trinajstić information content (AvgIpc) is 3.18. The molecular weight excluding hydrogens is 408 g/mol. The molecule has 162 valence electrons. The van der Waals surface area contributed by atoms with Gasteiger partial charge in [-0.2, -0.15) is 5.10 Å². The molecule has 0 amide bonds. The molecule has 0 aliphatic heterocycles. The van der Waals surface area contributed by atoms with Crippen LogP contribution in [0.3, 0.4) is 0 Å². The standard InChI is InChI=1S/C24H22N4O4/c1-31-13-17-22(16-8-4-6-10-21(16)32-2)24-26-25-23-18(28(24)27-17)11-14(12-20(23)30)15-7-3-5-9-19(15)29/h3-10,14,29H,11-13H2,1-2H3/t14-/m0/s1. The molecule has 4 aromatic rings. The van der Waals surface area contributed by atoms with Crippen LogP contribution in [0.4, 0.5) is 0 Å². The number of hydrogen-bond acceptors (Lipinski definition) is 7. The lowest BCUT2D eigenvalue weighted by molar-refractivity contribution is 0.0955. The van der Waals surface area contributed by atoms with E-state index in [0.717, 1.165) is 16.7 Å². The van der Waals surface area contributed by atoms with E-state index in [1.165, 1.54) is 0 Å². The van der Waals surface area contributed by atoms with Gasteiger partial charge < -0.3 is 14.6 Å². The summed E-state index contributed by atoms with van der Waals surface area (Å²) >= 11 is 0. The third-order valence-corrected chi connectivity index (χ3v) is 5.88. The molecule has 8 nitrogen and oxygen atoms in total. The minimum absolute atomic E-state index is 0.114. The maximum atomic E-state index is 12.9. The predicted octanol–water partition coefficient (Wildman–Crippen LogP) is 3.56. The first-order chi connectivity index (χ1) is 15.6. The summed E-state index contributed by atoms with van der Waals surface area (Å²) < 4.78 is 12.7. The zero-order valence-electron chi connectivity index (χ0n) is 17.8. The van der Waals surface area contributed by atoms with Crippen molar-refractivity contribution in [3.63, 3.8) is 0 Å². The van der Waals surface area contributed by atoms with Gasteiger partial charge in [0.05, 0.1) is 30.7 Å². The average molecular weight is 430 g/mol. The number of rotatable bonds is 5. The number of methoxy groups -OCH3 is 2. The molecule has 5 rings (SSSR count). The summed E-state index contributed by atoms with van der Waals surface area (Å²) in [7, 11) is 3.22. The lowest BCUT2D eigenvalue weighted by atomic mass is 9.83. The second kappa shape index (κ2) is 8.05. The van der Waals surface area contributed by atoms with Crippen molar-refractivity contribution in [1.29, 1.82) is 0 Å². The summed E-state index contributed by atoms with van der Waals surface area (Å²) in [5.74, 6) is 0.578. The Kier molecular flexibility index (Phi) is 5.07. The summed E-state index contributed by atoms with van der Waals surface area (Å²) in [5.41, 5.74) is 4.54. The number of carbonyl (C=O) groups is 1. The SMILES string of the molecule is COCc1nn2c3c(nnc2c1-c1ccccc1OC)C(=O)C[C@@H](c1ccccc1O)C3. The topological polar surface area (TPSA) is 98.8 Å². The maximum Gasteiger partial charge on any atom is 0.186 e. The molecule has 2 aromatic carbocycles. The summed E-state index contributed by atoms with van der Waals surface area (Å²) in [6.07, 6.45) is 0.764. The van der Waals surface area contributed by atoms with Gasteiger partial charge in [-0.3, -0.25) is 4.79 Å². The molecule has 0 radical (unpaired) electrons. The molecule has 32 heavy (non-hydrogen) atoms. The highest BCUT2D eigenvalue weighted by atomic mass is 16.5. The number of fused-ring (bicyclic) bond motifs is 3. The lowest BCUT2D eigenvalue weighted by Crippen LogP contribution is -2.24. The van der Waals surface area contributed by atoms with Gasteiger partial charge in [0.1, 0.15) is 11.5 Å². The molecule has 1 aliphatic carbocycles. The number of aromatic nitrogens is 4. The number of Topliss-reactive ketones (excluding diaryl/α,β-unsaturated/α-hetero) is 1. The molecule has 1 atom stereocenters. The second-order valence-corrected chi connectivity index (χ2v) is 7.77. The number of phenols is 1. The number of nitrogens with zero attached hydrogens (tertiary/aromatic N) is 4. The summed E-state index contributed by atoms with van der Waals surface area (Å²) in [6.45, 7) is 0.266. The zero-order valence-corrected chi connectivity index (χ0v) is 17.8. The van der Waals surface area contributed by atoms with Gasteiger partial charge in [0.15, 0.2) is 17.1 Å². The zero-order chi connectivity index (χ0) is 22.2. The Morgan fingerprint density at radius 1 is 1.06 bits per heavy atom. The highest BCUT2D eigenvalue weighted by Gasteiger charge is 2.33. The number of benzene rings is 2. The Morgan fingerprint density at radius 2 is 1.84 bits per heavy atom. The van der Waals surface area contributed by atoms with Crippen LogP contribution in [-0.2, 0) is 17.8 Å². The molecule has 0 bridgehead atoms.